The van der Waals surface area contributed by atoms with Crippen molar-refractivity contribution in [2.75, 3.05) is 25.5 Å². The van der Waals surface area contributed by atoms with Gasteiger partial charge in [0.2, 0.25) is 0 Å². The van der Waals surface area contributed by atoms with Crippen LogP contribution in [0.15, 0.2) is 30.3 Å². The van der Waals surface area contributed by atoms with Crippen molar-refractivity contribution in [1.82, 2.24) is 15.1 Å². The number of nitrogens with zero attached hydrogens (tertiary/aromatic N) is 2. The first-order valence-corrected chi connectivity index (χ1v) is 8.72. The summed E-state index contributed by atoms with van der Waals surface area (Å²) in [4.78, 5) is 0. The van der Waals surface area contributed by atoms with Gasteiger partial charge in [0.15, 0.2) is 0 Å². The minimum atomic E-state index is 0.344. The van der Waals surface area contributed by atoms with Crippen LogP contribution in [-0.2, 0) is 6.54 Å². The predicted octanol–water partition coefficient (Wildman–Crippen LogP) is 3.23. The van der Waals surface area contributed by atoms with Crippen LogP contribution in [0.3, 0.4) is 0 Å². The van der Waals surface area contributed by atoms with Crippen LogP contribution < -0.4 is 15.4 Å². The van der Waals surface area contributed by atoms with Gasteiger partial charge < -0.3 is 15.4 Å². The molecule has 0 spiro atoms. The molecule has 0 aliphatic carbocycles. The van der Waals surface area contributed by atoms with E-state index in [0.717, 1.165) is 36.9 Å². The lowest BCUT2D eigenvalue weighted by Crippen LogP contribution is -2.38. The van der Waals surface area contributed by atoms with Crippen LogP contribution in [0.4, 0.5) is 5.82 Å². The number of aromatic nitrogens is 2. The summed E-state index contributed by atoms with van der Waals surface area (Å²) in [7, 11) is 1.70. The predicted molar refractivity (Wildman–Crippen MR) is 97.5 cm³/mol. The Morgan fingerprint density at radius 3 is 2.75 bits per heavy atom. The lowest BCUT2D eigenvalue weighted by atomic mass is 9.95. The molecule has 5 heteroatoms. The van der Waals surface area contributed by atoms with Gasteiger partial charge in [-0.3, -0.25) is 0 Å². The first-order valence-electron chi connectivity index (χ1n) is 8.72. The number of hydrogen-bond donors (Lipinski definition) is 2. The molecule has 0 radical (unpaired) electrons. The average molecular weight is 328 g/mol. The molecule has 0 saturated carbocycles. The van der Waals surface area contributed by atoms with Crippen LogP contribution in [0.1, 0.15) is 31.1 Å². The van der Waals surface area contributed by atoms with Gasteiger partial charge in [0.1, 0.15) is 11.6 Å². The summed E-state index contributed by atoms with van der Waals surface area (Å²) in [5, 5.41) is 11.8. The number of anilines is 1. The molecule has 1 aromatic carbocycles. The summed E-state index contributed by atoms with van der Waals surface area (Å²) >= 11 is 0. The van der Waals surface area contributed by atoms with Crippen LogP contribution in [0.2, 0.25) is 0 Å². The first-order chi connectivity index (χ1) is 11.6. The highest BCUT2D eigenvalue weighted by atomic mass is 16.5. The van der Waals surface area contributed by atoms with Crippen LogP contribution in [0, 0.1) is 18.8 Å². The summed E-state index contributed by atoms with van der Waals surface area (Å²) in [6.07, 6.45) is 0. The van der Waals surface area contributed by atoms with E-state index in [9.17, 15) is 0 Å². The number of ether oxygens (including phenoxy) is 1. The maximum atomic E-state index is 5.26. The van der Waals surface area contributed by atoms with Crippen LogP contribution >= 0.6 is 0 Å². The Morgan fingerprint density at radius 2 is 2.08 bits per heavy atom. The standard InChI is InChI=1S/C19H28N4O/c1-13(2)19(16-5-7-17(24-4)8-6-16)21-11-15-10-20-18-9-14(3)22-23(18)12-15/h5-9,13,15,19-21H,10-12H2,1-4H3/t15-,19-/m1/s1. The van der Waals surface area contributed by atoms with E-state index in [1.807, 2.05) is 19.1 Å². The molecule has 24 heavy (non-hydrogen) atoms. The largest absolute Gasteiger partial charge is 0.497 e. The summed E-state index contributed by atoms with van der Waals surface area (Å²) < 4.78 is 7.35. The van der Waals surface area contributed by atoms with Gasteiger partial charge in [-0.2, -0.15) is 5.10 Å². The topological polar surface area (TPSA) is 51.1 Å². The molecule has 1 aliphatic rings. The number of nitrogens with one attached hydrogen (secondary N) is 2. The van der Waals surface area contributed by atoms with Gasteiger partial charge in [0, 0.05) is 37.7 Å². The lowest BCUT2D eigenvalue weighted by molar-refractivity contribution is 0.337. The molecule has 0 saturated heterocycles. The smallest absolute Gasteiger partial charge is 0.124 e. The lowest BCUT2D eigenvalue weighted by Gasteiger charge is -2.29. The minimum absolute atomic E-state index is 0.344. The quantitative estimate of drug-likeness (QED) is 0.855. The van der Waals surface area contributed by atoms with Crippen molar-refractivity contribution in [1.29, 1.82) is 0 Å². The number of rotatable bonds is 6. The van der Waals surface area contributed by atoms with Crippen LogP contribution in [-0.4, -0.2) is 30.0 Å². The Hall–Kier alpha value is -2.01. The maximum Gasteiger partial charge on any atom is 0.124 e. The third-order valence-corrected chi connectivity index (χ3v) is 4.67. The SMILES string of the molecule is COc1ccc([C@H](NC[C@H]2CNc3cc(C)nn3C2)C(C)C)cc1. The van der Waals surface area contributed by atoms with Crippen molar-refractivity contribution in [2.45, 2.75) is 33.4 Å². The highest BCUT2D eigenvalue weighted by molar-refractivity contribution is 5.38. The van der Waals surface area contributed by atoms with E-state index in [0.29, 0.717) is 17.9 Å². The van der Waals surface area contributed by atoms with Crippen LogP contribution in [0.25, 0.3) is 0 Å². The molecule has 2 atom stereocenters. The molecule has 0 fully saturated rings. The number of aryl methyl sites for hydroxylation is 1. The van der Waals surface area contributed by atoms with E-state index in [1.54, 1.807) is 7.11 Å². The normalized spacial score (nSPS) is 18.1. The molecule has 1 aromatic heterocycles. The number of hydrogen-bond acceptors (Lipinski definition) is 4. The average Bonchev–Trinajstić information content (AvgIpc) is 2.94. The number of methoxy groups -OCH3 is 1. The zero-order valence-corrected chi connectivity index (χ0v) is 15.0. The summed E-state index contributed by atoms with van der Waals surface area (Å²) in [5.41, 5.74) is 2.38. The zero-order valence-electron chi connectivity index (χ0n) is 15.0. The maximum absolute atomic E-state index is 5.26. The molecule has 2 aromatic rings. The summed E-state index contributed by atoms with van der Waals surface area (Å²) in [6.45, 7) is 9.49. The Kier molecular flexibility index (Phi) is 5.09. The molecule has 3 rings (SSSR count). The Bertz CT molecular complexity index is 663. The van der Waals surface area contributed by atoms with Gasteiger partial charge in [0.25, 0.3) is 0 Å². The summed E-state index contributed by atoms with van der Waals surface area (Å²) in [5.74, 6) is 3.10. The third-order valence-electron chi connectivity index (χ3n) is 4.67. The van der Waals surface area contributed by atoms with Gasteiger partial charge in [-0.15, -0.1) is 0 Å². The first kappa shape index (κ1) is 16.8. The second-order valence-electron chi connectivity index (χ2n) is 7.00. The van der Waals surface area contributed by atoms with Crippen molar-refractivity contribution in [3.8, 4) is 5.75 Å². The number of fused-ring (bicyclic) bond motifs is 1. The van der Waals surface area contributed by atoms with Gasteiger partial charge in [-0.1, -0.05) is 26.0 Å². The van der Waals surface area contributed by atoms with Crippen molar-refractivity contribution < 1.29 is 4.74 Å². The Morgan fingerprint density at radius 1 is 1.33 bits per heavy atom. The Balaban J connectivity index is 1.62. The minimum Gasteiger partial charge on any atom is -0.497 e. The third kappa shape index (κ3) is 3.73. The molecule has 0 amide bonds. The highest BCUT2D eigenvalue weighted by Crippen LogP contribution is 2.25. The number of benzene rings is 1. The molecule has 2 N–H and O–H groups in total. The second kappa shape index (κ2) is 7.26. The van der Waals surface area contributed by atoms with E-state index in [1.165, 1.54) is 5.56 Å². The zero-order chi connectivity index (χ0) is 17.1. The van der Waals surface area contributed by atoms with Crippen molar-refractivity contribution in [3.05, 3.63) is 41.6 Å². The van der Waals surface area contributed by atoms with Gasteiger partial charge in [-0.25, -0.2) is 4.68 Å². The molecule has 0 unspecified atom stereocenters. The van der Waals surface area contributed by atoms with Crippen LogP contribution in [0.5, 0.6) is 5.75 Å². The molecule has 5 nitrogen and oxygen atoms in total. The van der Waals surface area contributed by atoms with Crippen molar-refractivity contribution in [2.24, 2.45) is 11.8 Å². The molecule has 1 aliphatic heterocycles. The van der Waals surface area contributed by atoms with Crippen molar-refractivity contribution in [3.63, 3.8) is 0 Å². The van der Waals surface area contributed by atoms with E-state index in [4.69, 9.17) is 4.74 Å². The van der Waals surface area contributed by atoms with E-state index < -0.39 is 0 Å². The molecule has 2 heterocycles. The van der Waals surface area contributed by atoms with E-state index >= 15 is 0 Å². The van der Waals surface area contributed by atoms with Gasteiger partial charge in [0.05, 0.1) is 12.8 Å². The molecule has 0 bridgehead atoms. The van der Waals surface area contributed by atoms with Gasteiger partial charge in [-0.05, 0) is 30.5 Å². The van der Waals surface area contributed by atoms with E-state index in [-0.39, 0.29) is 0 Å². The fraction of sp³-hybridized carbons (Fsp3) is 0.526. The van der Waals surface area contributed by atoms with Gasteiger partial charge >= 0.3 is 0 Å². The molecular weight excluding hydrogens is 300 g/mol. The Labute approximate surface area is 144 Å². The fourth-order valence-corrected chi connectivity index (χ4v) is 3.37. The summed E-state index contributed by atoms with van der Waals surface area (Å²) in [6, 6.07) is 10.8. The fourth-order valence-electron chi connectivity index (χ4n) is 3.37. The highest BCUT2D eigenvalue weighted by Gasteiger charge is 2.22. The molecular formula is C19H28N4O. The monoisotopic (exact) mass is 328 g/mol. The molecule has 130 valence electrons. The van der Waals surface area contributed by atoms with E-state index in [2.05, 4.69) is 52.5 Å². The van der Waals surface area contributed by atoms with Crippen molar-refractivity contribution >= 4 is 5.82 Å². The second-order valence-corrected chi connectivity index (χ2v) is 7.00.